The monoisotopic (exact) mass is 391 g/mol. The summed E-state index contributed by atoms with van der Waals surface area (Å²) in [5.74, 6) is 0.831. The van der Waals surface area contributed by atoms with Crippen LogP contribution in [-0.2, 0) is 23.6 Å². The van der Waals surface area contributed by atoms with Crippen LogP contribution < -0.4 is 4.90 Å². The smallest absolute Gasteiger partial charge is 0.347 e. The fourth-order valence-electron chi connectivity index (χ4n) is 2.63. The molecule has 142 valence electrons. The molecule has 25 heavy (non-hydrogen) atoms. The molecule has 1 aromatic heterocycles. The van der Waals surface area contributed by atoms with Gasteiger partial charge in [0.1, 0.15) is 5.82 Å². The van der Waals surface area contributed by atoms with E-state index in [1.807, 2.05) is 24.0 Å². The van der Waals surface area contributed by atoms with Gasteiger partial charge >= 0.3 is 7.60 Å². The van der Waals surface area contributed by atoms with E-state index in [4.69, 9.17) is 9.05 Å². The minimum Gasteiger partial charge on any atom is -0.354 e. The highest BCUT2D eigenvalue weighted by Gasteiger charge is 2.36. The van der Waals surface area contributed by atoms with Crippen molar-refractivity contribution in [3.05, 3.63) is 23.9 Å². The SMILES string of the molecule is CCOP(=O)(CS(=O)(=O)N1CCN(c2ccc(C)cn2)CC1)OCC. The van der Waals surface area contributed by atoms with E-state index >= 15 is 0 Å². The lowest BCUT2D eigenvalue weighted by atomic mass is 10.3. The molecule has 0 saturated carbocycles. The first-order valence-corrected chi connectivity index (χ1v) is 11.7. The molecule has 0 N–H and O–H groups in total. The Balaban J connectivity index is 2.00. The third-order valence-corrected chi connectivity index (χ3v) is 8.85. The van der Waals surface area contributed by atoms with Crippen molar-refractivity contribution in [3.63, 3.8) is 0 Å². The van der Waals surface area contributed by atoms with Gasteiger partial charge in [0.25, 0.3) is 0 Å². The molecule has 2 rings (SSSR count). The number of aromatic nitrogens is 1. The molecule has 0 radical (unpaired) electrons. The number of rotatable bonds is 8. The van der Waals surface area contributed by atoms with Crippen LogP contribution >= 0.6 is 7.60 Å². The third kappa shape index (κ3) is 5.49. The lowest BCUT2D eigenvalue weighted by Crippen LogP contribution is -2.49. The molecule has 8 nitrogen and oxygen atoms in total. The Morgan fingerprint density at radius 3 is 2.20 bits per heavy atom. The van der Waals surface area contributed by atoms with Gasteiger partial charge in [-0.25, -0.2) is 13.4 Å². The summed E-state index contributed by atoms with van der Waals surface area (Å²) in [5.41, 5.74) is 0.456. The predicted octanol–water partition coefficient (Wildman–Crippen LogP) is 2.07. The first kappa shape index (κ1) is 20.3. The normalized spacial score (nSPS) is 17.0. The maximum absolute atomic E-state index is 12.6. The summed E-state index contributed by atoms with van der Waals surface area (Å²) in [7, 11) is -7.37. The second-order valence-corrected chi connectivity index (χ2v) is 10.2. The van der Waals surface area contributed by atoms with Crippen LogP contribution in [0.2, 0.25) is 0 Å². The van der Waals surface area contributed by atoms with Gasteiger partial charge in [0, 0.05) is 32.4 Å². The molecular weight excluding hydrogens is 365 g/mol. The van der Waals surface area contributed by atoms with Crippen LogP contribution in [0.3, 0.4) is 0 Å². The van der Waals surface area contributed by atoms with E-state index in [0.717, 1.165) is 11.4 Å². The van der Waals surface area contributed by atoms with Gasteiger partial charge in [0.2, 0.25) is 10.0 Å². The highest BCUT2D eigenvalue weighted by Crippen LogP contribution is 2.49. The Bertz CT molecular complexity index is 692. The molecule has 10 heteroatoms. The Morgan fingerprint density at radius 1 is 1.12 bits per heavy atom. The number of pyridine rings is 1. The second kappa shape index (κ2) is 8.60. The zero-order chi connectivity index (χ0) is 18.5. The van der Waals surface area contributed by atoms with Gasteiger partial charge in [-0.2, -0.15) is 4.31 Å². The van der Waals surface area contributed by atoms with E-state index < -0.39 is 23.1 Å². The van der Waals surface area contributed by atoms with E-state index in [2.05, 4.69) is 4.98 Å². The van der Waals surface area contributed by atoms with Crippen LogP contribution in [0.5, 0.6) is 0 Å². The van der Waals surface area contributed by atoms with Gasteiger partial charge in [-0.3, -0.25) is 4.57 Å². The van der Waals surface area contributed by atoms with Gasteiger partial charge in [-0.15, -0.1) is 0 Å². The summed E-state index contributed by atoms with van der Waals surface area (Å²) < 4.78 is 49.3. The summed E-state index contributed by atoms with van der Waals surface area (Å²) in [5, 5.41) is 0. The van der Waals surface area contributed by atoms with Gasteiger partial charge in [0.05, 0.1) is 13.2 Å². The molecule has 0 spiro atoms. The molecule has 0 unspecified atom stereocenters. The molecule has 0 aliphatic carbocycles. The van der Waals surface area contributed by atoms with Crippen molar-refractivity contribution in [2.45, 2.75) is 20.8 Å². The molecule has 1 aliphatic heterocycles. The number of hydrogen-bond acceptors (Lipinski definition) is 7. The topological polar surface area (TPSA) is 89.0 Å². The van der Waals surface area contributed by atoms with Crippen molar-refractivity contribution in [3.8, 4) is 0 Å². The Kier molecular flexibility index (Phi) is 6.99. The summed E-state index contributed by atoms with van der Waals surface area (Å²) >= 11 is 0. The van der Waals surface area contributed by atoms with Crippen LogP contribution in [0.25, 0.3) is 0 Å². The highest BCUT2D eigenvalue weighted by atomic mass is 32.2. The first-order valence-electron chi connectivity index (χ1n) is 8.33. The number of anilines is 1. The van der Waals surface area contributed by atoms with E-state index in [0.29, 0.717) is 26.2 Å². The standard InChI is InChI=1S/C15H26N3O5PS/c1-4-22-24(19,23-5-2)13-25(20,21)18-10-8-17(9-11-18)15-7-6-14(3)12-16-15/h6-7,12H,4-5,8-11,13H2,1-3H3. The molecule has 1 aromatic rings. The van der Waals surface area contributed by atoms with Crippen LogP contribution in [0.4, 0.5) is 5.82 Å². The van der Waals surface area contributed by atoms with Crippen molar-refractivity contribution in [2.75, 3.05) is 49.8 Å². The molecule has 0 atom stereocenters. The highest BCUT2D eigenvalue weighted by molar-refractivity contribution is 7.95. The molecule has 0 aromatic carbocycles. The van der Waals surface area contributed by atoms with Crippen LogP contribution in [0.1, 0.15) is 19.4 Å². The van der Waals surface area contributed by atoms with Crippen LogP contribution in [-0.4, -0.2) is 62.6 Å². The molecule has 1 aliphatic rings. The van der Waals surface area contributed by atoms with Gasteiger partial charge in [-0.1, -0.05) is 6.07 Å². The first-order chi connectivity index (χ1) is 11.8. The number of sulfonamides is 1. The number of hydrogen-bond donors (Lipinski definition) is 0. The van der Waals surface area contributed by atoms with E-state index in [-0.39, 0.29) is 13.2 Å². The maximum atomic E-state index is 12.6. The lowest BCUT2D eigenvalue weighted by molar-refractivity contribution is 0.223. The molecular formula is C15H26N3O5PS. The van der Waals surface area contributed by atoms with Crippen molar-refractivity contribution >= 4 is 23.4 Å². The van der Waals surface area contributed by atoms with Gasteiger partial charge in [0.15, 0.2) is 5.49 Å². The van der Waals surface area contributed by atoms with Crippen molar-refractivity contribution < 1.29 is 22.0 Å². The van der Waals surface area contributed by atoms with Crippen molar-refractivity contribution in [1.29, 1.82) is 0 Å². The average Bonchev–Trinajstić information content (AvgIpc) is 2.55. The third-order valence-electron chi connectivity index (χ3n) is 3.82. The average molecular weight is 391 g/mol. The van der Waals surface area contributed by atoms with E-state index in [9.17, 15) is 13.0 Å². The van der Waals surface area contributed by atoms with Gasteiger partial charge in [-0.05, 0) is 32.4 Å². The molecule has 1 fully saturated rings. The number of aryl methyl sites for hydroxylation is 1. The molecule has 0 bridgehead atoms. The summed E-state index contributed by atoms with van der Waals surface area (Å²) in [6.07, 6.45) is 1.79. The largest absolute Gasteiger partial charge is 0.354 e. The zero-order valence-corrected chi connectivity index (χ0v) is 16.6. The fourth-order valence-corrected chi connectivity index (χ4v) is 7.06. The van der Waals surface area contributed by atoms with Crippen molar-refractivity contribution in [2.24, 2.45) is 0 Å². The second-order valence-electron chi connectivity index (χ2n) is 5.77. The van der Waals surface area contributed by atoms with Crippen LogP contribution in [0, 0.1) is 6.92 Å². The summed E-state index contributed by atoms with van der Waals surface area (Å²) in [4.78, 5) is 6.41. The summed E-state index contributed by atoms with van der Waals surface area (Å²) in [6.45, 7) is 7.25. The molecule has 1 saturated heterocycles. The Morgan fingerprint density at radius 2 is 1.72 bits per heavy atom. The van der Waals surface area contributed by atoms with E-state index in [1.54, 1.807) is 20.0 Å². The maximum Gasteiger partial charge on any atom is 0.347 e. The molecule has 0 amide bonds. The minimum absolute atomic E-state index is 0.139. The van der Waals surface area contributed by atoms with Crippen molar-refractivity contribution in [1.82, 2.24) is 9.29 Å². The number of nitrogens with zero attached hydrogens (tertiary/aromatic N) is 3. The van der Waals surface area contributed by atoms with E-state index in [1.165, 1.54) is 4.31 Å². The Hall–Kier alpha value is -0.990. The zero-order valence-electron chi connectivity index (χ0n) is 14.9. The van der Waals surface area contributed by atoms with Gasteiger partial charge < -0.3 is 13.9 Å². The minimum atomic E-state index is -3.72. The molecule has 2 heterocycles. The summed E-state index contributed by atoms with van der Waals surface area (Å²) in [6, 6.07) is 3.91. The fraction of sp³-hybridized carbons (Fsp3) is 0.667. The quantitative estimate of drug-likeness (QED) is 0.627. The predicted molar refractivity (Wildman–Crippen MR) is 97.4 cm³/mol. The number of piperazine rings is 1. The lowest BCUT2D eigenvalue weighted by Gasteiger charge is -2.35. The Labute approximate surface area is 149 Å². The van der Waals surface area contributed by atoms with Crippen LogP contribution in [0.15, 0.2) is 18.3 Å².